The Labute approximate surface area is 167 Å². The summed E-state index contributed by atoms with van der Waals surface area (Å²) >= 11 is 0. The van der Waals surface area contributed by atoms with Crippen molar-refractivity contribution in [2.45, 2.75) is 25.9 Å². The van der Waals surface area contributed by atoms with Gasteiger partial charge in [-0.3, -0.25) is 0 Å². The monoisotopic (exact) mass is 368 g/mol. The second kappa shape index (κ2) is 8.55. The summed E-state index contributed by atoms with van der Waals surface area (Å²) in [4.78, 5) is 0. The standard InChI is InChI=1S/C26H28N2/c1-19(23-15-7-11-21-9-3-5-13-25(21)23)27-17-18-28-20(2)24-16-8-12-22-10-4-6-14-26(22)24/h3-16,19-20,27-28H,17-18H2,1-2H3. The van der Waals surface area contributed by atoms with Gasteiger partial charge in [0.05, 0.1) is 0 Å². The Morgan fingerprint density at radius 1 is 0.536 bits per heavy atom. The Morgan fingerprint density at radius 3 is 1.39 bits per heavy atom. The van der Waals surface area contributed by atoms with Crippen molar-refractivity contribution in [1.29, 1.82) is 0 Å². The molecule has 2 unspecified atom stereocenters. The summed E-state index contributed by atoms with van der Waals surface area (Å²) in [6.07, 6.45) is 0. The second-order valence-electron chi connectivity index (χ2n) is 7.49. The molecule has 142 valence electrons. The van der Waals surface area contributed by atoms with Crippen molar-refractivity contribution < 1.29 is 0 Å². The minimum Gasteiger partial charge on any atom is -0.309 e. The molecule has 4 aromatic rings. The van der Waals surface area contributed by atoms with Gasteiger partial charge in [-0.1, -0.05) is 84.9 Å². The van der Waals surface area contributed by atoms with Gasteiger partial charge in [-0.15, -0.1) is 0 Å². The number of rotatable bonds is 7. The molecular formula is C26H28N2. The van der Waals surface area contributed by atoms with E-state index in [4.69, 9.17) is 0 Å². The van der Waals surface area contributed by atoms with Crippen molar-refractivity contribution in [3.05, 3.63) is 96.1 Å². The van der Waals surface area contributed by atoms with Gasteiger partial charge in [0, 0.05) is 25.2 Å². The summed E-state index contributed by atoms with van der Waals surface area (Å²) < 4.78 is 0. The molecule has 2 heteroatoms. The summed E-state index contributed by atoms with van der Waals surface area (Å²) in [6.45, 7) is 6.35. The maximum absolute atomic E-state index is 3.67. The van der Waals surface area contributed by atoms with Crippen molar-refractivity contribution >= 4 is 21.5 Å². The molecule has 0 amide bonds. The van der Waals surface area contributed by atoms with Crippen LogP contribution < -0.4 is 10.6 Å². The third-order valence-electron chi connectivity index (χ3n) is 5.61. The van der Waals surface area contributed by atoms with Crippen LogP contribution in [-0.2, 0) is 0 Å². The lowest BCUT2D eigenvalue weighted by Crippen LogP contribution is -2.30. The second-order valence-corrected chi connectivity index (χ2v) is 7.49. The van der Waals surface area contributed by atoms with Crippen LogP contribution >= 0.6 is 0 Å². The lowest BCUT2D eigenvalue weighted by molar-refractivity contribution is 0.514. The van der Waals surface area contributed by atoms with Gasteiger partial charge in [0.1, 0.15) is 0 Å². The van der Waals surface area contributed by atoms with E-state index in [1.807, 2.05) is 0 Å². The van der Waals surface area contributed by atoms with Gasteiger partial charge in [-0.25, -0.2) is 0 Å². The van der Waals surface area contributed by atoms with Crippen molar-refractivity contribution in [3.63, 3.8) is 0 Å². The van der Waals surface area contributed by atoms with Crippen LogP contribution in [0.2, 0.25) is 0 Å². The van der Waals surface area contributed by atoms with Crippen LogP contribution in [0.25, 0.3) is 21.5 Å². The first-order valence-corrected chi connectivity index (χ1v) is 10.2. The van der Waals surface area contributed by atoms with Crippen LogP contribution in [-0.4, -0.2) is 13.1 Å². The molecule has 4 aromatic carbocycles. The molecule has 0 spiro atoms. The van der Waals surface area contributed by atoms with Crippen molar-refractivity contribution in [1.82, 2.24) is 10.6 Å². The van der Waals surface area contributed by atoms with Crippen LogP contribution in [0.4, 0.5) is 0 Å². The third-order valence-corrected chi connectivity index (χ3v) is 5.61. The number of fused-ring (bicyclic) bond motifs is 2. The third kappa shape index (κ3) is 3.94. The molecule has 2 atom stereocenters. The molecule has 2 N–H and O–H groups in total. The summed E-state index contributed by atoms with van der Waals surface area (Å²) in [6, 6.07) is 31.0. The van der Waals surface area contributed by atoms with E-state index < -0.39 is 0 Å². The lowest BCUT2D eigenvalue weighted by atomic mass is 9.99. The summed E-state index contributed by atoms with van der Waals surface area (Å²) in [7, 11) is 0. The van der Waals surface area contributed by atoms with Gasteiger partial charge < -0.3 is 10.6 Å². The Hall–Kier alpha value is -2.68. The molecule has 0 heterocycles. The number of benzene rings is 4. The summed E-state index contributed by atoms with van der Waals surface area (Å²) in [5.41, 5.74) is 2.72. The quantitative estimate of drug-likeness (QED) is 0.391. The highest BCUT2D eigenvalue weighted by atomic mass is 15.0. The van der Waals surface area contributed by atoms with Gasteiger partial charge in [0.2, 0.25) is 0 Å². The Morgan fingerprint density at radius 2 is 0.929 bits per heavy atom. The first-order valence-electron chi connectivity index (χ1n) is 10.2. The van der Waals surface area contributed by atoms with E-state index in [-0.39, 0.29) is 0 Å². The topological polar surface area (TPSA) is 24.1 Å². The molecular weight excluding hydrogens is 340 g/mol. The SMILES string of the molecule is CC(NCCNC(C)c1cccc2ccccc12)c1cccc2ccccc12. The number of hydrogen-bond acceptors (Lipinski definition) is 2. The summed E-state index contributed by atoms with van der Waals surface area (Å²) in [5, 5.41) is 12.6. The summed E-state index contributed by atoms with van der Waals surface area (Å²) in [5.74, 6) is 0. The van der Waals surface area contributed by atoms with E-state index in [0.29, 0.717) is 12.1 Å². The van der Waals surface area contributed by atoms with E-state index in [1.165, 1.54) is 32.7 Å². The highest BCUT2D eigenvalue weighted by Gasteiger charge is 2.10. The maximum atomic E-state index is 3.67. The van der Waals surface area contributed by atoms with Crippen molar-refractivity contribution in [2.75, 3.05) is 13.1 Å². The minimum absolute atomic E-state index is 0.320. The van der Waals surface area contributed by atoms with Crippen LogP contribution in [0.3, 0.4) is 0 Å². The average Bonchev–Trinajstić information content (AvgIpc) is 2.75. The Bertz CT molecular complexity index is 972. The van der Waals surface area contributed by atoms with Crippen LogP contribution in [0, 0.1) is 0 Å². The predicted octanol–water partition coefficient (Wildman–Crippen LogP) is 5.99. The van der Waals surface area contributed by atoms with Gasteiger partial charge in [0.25, 0.3) is 0 Å². The van der Waals surface area contributed by atoms with E-state index >= 15 is 0 Å². The highest BCUT2D eigenvalue weighted by Crippen LogP contribution is 2.25. The van der Waals surface area contributed by atoms with Crippen LogP contribution in [0.5, 0.6) is 0 Å². The van der Waals surface area contributed by atoms with Crippen molar-refractivity contribution in [3.8, 4) is 0 Å². The number of nitrogens with one attached hydrogen (secondary N) is 2. The molecule has 28 heavy (non-hydrogen) atoms. The zero-order valence-electron chi connectivity index (χ0n) is 16.7. The zero-order valence-corrected chi connectivity index (χ0v) is 16.7. The molecule has 0 saturated heterocycles. The molecule has 0 aliphatic rings. The highest BCUT2D eigenvalue weighted by molar-refractivity contribution is 5.86. The van der Waals surface area contributed by atoms with E-state index in [2.05, 4.69) is 109 Å². The molecule has 0 aliphatic heterocycles. The largest absolute Gasteiger partial charge is 0.309 e. The van der Waals surface area contributed by atoms with Crippen LogP contribution in [0.15, 0.2) is 84.9 Å². The molecule has 0 radical (unpaired) electrons. The van der Waals surface area contributed by atoms with Gasteiger partial charge in [-0.05, 0) is 46.5 Å². The fourth-order valence-electron chi connectivity index (χ4n) is 4.05. The molecule has 0 fully saturated rings. The molecule has 0 aliphatic carbocycles. The smallest absolute Gasteiger partial charge is 0.0298 e. The van der Waals surface area contributed by atoms with E-state index in [1.54, 1.807) is 0 Å². The maximum Gasteiger partial charge on any atom is 0.0298 e. The van der Waals surface area contributed by atoms with Gasteiger partial charge >= 0.3 is 0 Å². The average molecular weight is 369 g/mol. The lowest BCUT2D eigenvalue weighted by Gasteiger charge is -2.19. The van der Waals surface area contributed by atoms with Gasteiger partial charge in [-0.2, -0.15) is 0 Å². The fourth-order valence-corrected chi connectivity index (χ4v) is 4.05. The van der Waals surface area contributed by atoms with Crippen molar-refractivity contribution in [2.24, 2.45) is 0 Å². The molecule has 2 nitrogen and oxygen atoms in total. The Balaban J connectivity index is 1.36. The van der Waals surface area contributed by atoms with E-state index in [9.17, 15) is 0 Å². The van der Waals surface area contributed by atoms with Gasteiger partial charge in [0.15, 0.2) is 0 Å². The molecule has 0 aromatic heterocycles. The first kappa shape index (κ1) is 18.7. The molecule has 0 bridgehead atoms. The minimum atomic E-state index is 0.320. The Kier molecular flexibility index (Phi) is 5.70. The normalized spacial score (nSPS) is 13.6. The number of hydrogen-bond donors (Lipinski definition) is 2. The predicted molar refractivity (Wildman–Crippen MR) is 121 cm³/mol. The van der Waals surface area contributed by atoms with E-state index in [0.717, 1.165) is 13.1 Å². The first-order chi connectivity index (χ1) is 13.7. The zero-order chi connectivity index (χ0) is 19.3. The molecule has 4 rings (SSSR count). The fraction of sp³-hybridized carbons (Fsp3) is 0.231. The molecule has 0 saturated carbocycles. The van der Waals surface area contributed by atoms with Crippen LogP contribution in [0.1, 0.15) is 37.1 Å².